The van der Waals surface area contributed by atoms with Crippen LogP contribution in [0.15, 0.2) is 24.3 Å². The van der Waals surface area contributed by atoms with Gasteiger partial charge in [-0.25, -0.2) is 0 Å². The molecule has 10 nitrogen and oxygen atoms in total. The Balaban J connectivity index is 2.15. The smallest absolute Gasteiger partial charge is 0.231 e. The minimum Gasteiger partial charge on any atom is -0.369 e. The van der Waals surface area contributed by atoms with Gasteiger partial charge in [0.2, 0.25) is 17.7 Å². The van der Waals surface area contributed by atoms with Crippen molar-refractivity contribution in [3.05, 3.63) is 35.4 Å². The molecule has 0 radical (unpaired) electrons. The van der Waals surface area contributed by atoms with Gasteiger partial charge in [0.25, 0.3) is 0 Å². The second-order valence-corrected chi connectivity index (χ2v) is 8.49. The van der Waals surface area contributed by atoms with Gasteiger partial charge < -0.3 is 17.2 Å². The molecule has 6 N–H and O–H groups in total. The number of primary amides is 3. The molecule has 0 bridgehead atoms. The van der Waals surface area contributed by atoms with Gasteiger partial charge in [-0.05, 0) is 12.5 Å². The van der Waals surface area contributed by atoms with Gasteiger partial charge in [0, 0.05) is 58.9 Å². The van der Waals surface area contributed by atoms with Crippen molar-refractivity contribution in [3.8, 4) is 0 Å². The Morgan fingerprint density at radius 2 is 0.938 bits per heavy atom. The molecule has 1 aliphatic rings. The van der Waals surface area contributed by atoms with Gasteiger partial charge in [0.05, 0.1) is 19.6 Å². The third kappa shape index (κ3) is 10.2. The highest BCUT2D eigenvalue weighted by atomic mass is 16.2. The van der Waals surface area contributed by atoms with Gasteiger partial charge in [0.1, 0.15) is 0 Å². The van der Waals surface area contributed by atoms with Gasteiger partial charge >= 0.3 is 0 Å². The molecule has 1 aromatic rings. The fraction of sp³-hybridized carbons (Fsp3) is 0.591. The van der Waals surface area contributed by atoms with Crippen molar-refractivity contribution in [1.29, 1.82) is 0 Å². The summed E-state index contributed by atoms with van der Waals surface area (Å²) < 4.78 is 0. The van der Waals surface area contributed by atoms with Crippen molar-refractivity contribution in [2.75, 3.05) is 72.0 Å². The second kappa shape index (κ2) is 13.1. The first-order valence-electron chi connectivity index (χ1n) is 11.0. The number of amides is 3. The van der Waals surface area contributed by atoms with Crippen LogP contribution in [-0.4, -0.2) is 109 Å². The largest absolute Gasteiger partial charge is 0.369 e. The molecule has 1 saturated heterocycles. The first kappa shape index (κ1) is 25.7. The predicted molar refractivity (Wildman–Crippen MR) is 123 cm³/mol. The molecule has 1 heterocycles. The van der Waals surface area contributed by atoms with E-state index in [1.807, 2.05) is 14.7 Å². The molecule has 1 aliphatic heterocycles. The number of rotatable bonds is 8. The Kier molecular flexibility index (Phi) is 10.5. The summed E-state index contributed by atoms with van der Waals surface area (Å²) in [6.45, 7) is 8.38. The highest BCUT2D eigenvalue weighted by molar-refractivity contribution is 5.76. The lowest BCUT2D eigenvalue weighted by atomic mass is 10.1. The van der Waals surface area contributed by atoms with E-state index in [0.29, 0.717) is 39.3 Å². The molecule has 0 spiro atoms. The number of carbonyl (C=O) groups excluding carboxylic acids is 3. The second-order valence-electron chi connectivity index (χ2n) is 8.49. The summed E-state index contributed by atoms with van der Waals surface area (Å²) in [6, 6.07) is 8.43. The molecule has 1 fully saturated rings. The molecule has 0 aromatic heterocycles. The molecule has 3 amide bonds. The molecule has 0 atom stereocenters. The lowest BCUT2D eigenvalue weighted by Crippen LogP contribution is -2.49. The summed E-state index contributed by atoms with van der Waals surface area (Å²) in [5, 5.41) is 0. The summed E-state index contributed by atoms with van der Waals surface area (Å²) in [4.78, 5) is 42.9. The number of hydrogen-bond acceptors (Lipinski definition) is 7. The minimum atomic E-state index is -0.413. The van der Waals surface area contributed by atoms with Crippen molar-refractivity contribution >= 4 is 17.7 Å². The van der Waals surface area contributed by atoms with Gasteiger partial charge in [0.15, 0.2) is 0 Å². The van der Waals surface area contributed by atoms with E-state index in [4.69, 9.17) is 17.2 Å². The Morgan fingerprint density at radius 3 is 1.25 bits per heavy atom. The number of benzene rings is 1. The summed E-state index contributed by atoms with van der Waals surface area (Å²) in [5.41, 5.74) is 18.7. The summed E-state index contributed by atoms with van der Waals surface area (Å²) in [7, 11) is 0. The number of hydrogen-bond donors (Lipinski definition) is 3. The Hall–Kier alpha value is -2.53. The van der Waals surface area contributed by atoms with Crippen molar-refractivity contribution in [3.63, 3.8) is 0 Å². The van der Waals surface area contributed by atoms with Crippen LogP contribution in [0.2, 0.25) is 0 Å². The van der Waals surface area contributed by atoms with Crippen LogP contribution in [-0.2, 0) is 20.9 Å². The van der Waals surface area contributed by atoms with Crippen molar-refractivity contribution in [1.82, 2.24) is 19.6 Å². The number of aryl methyl sites for hydroxylation is 1. The lowest BCUT2D eigenvalue weighted by molar-refractivity contribution is -0.121. The maximum Gasteiger partial charge on any atom is 0.231 e. The lowest BCUT2D eigenvalue weighted by Gasteiger charge is -2.33. The van der Waals surface area contributed by atoms with Crippen LogP contribution in [0.5, 0.6) is 0 Å². The maximum atomic E-state index is 11.6. The molecule has 0 unspecified atom stereocenters. The summed E-state index contributed by atoms with van der Waals surface area (Å²) in [5.74, 6) is -1.17. The molecule has 0 saturated carbocycles. The number of carbonyl (C=O) groups is 3. The maximum absolute atomic E-state index is 11.6. The van der Waals surface area contributed by atoms with E-state index in [2.05, 4.69) is 36.1 Å². The monoisotopic (exact) mass is 447 g/mol. The average molecular weight is 448 g/mol. The summed E-state index contributed by atoms with van der Waals surface area (Å²) >= 11 is 0. The van der Waals surface area contributed by atoms with Gasteiger partial charge in [-0.3, -0.25) is 34.0 Å². The van der Waals surface area contributed by atoms with Crippen molar-refractivity contribution in [2.45, 2.75) is 13.5 Å². The third-order valence-electron chi connectivity index (χ3n) is 5.59. The Labute approximate surface area is 190 Å². The van der Waals surface area contributed by atoms with Crippen LogP contribution in [0.25, 0.3) is 0 Å². The fourth-order valence-corrected chi connectivity index (χ4v) is 3.82. The first-order valence-corrected chi connectivity index (χ1v) is 11.0. The molecular weight excluding hydrogens is 410 g/mol. The summed E-state index contributed by atoms with van der Waals surface area (Å²) in [6.07, 6.45) is 0. The highest BCUT2D eigenvalue weighted by Gasteiger charge is 2.19. The van der Waals surface area contributed by atoms with E-state index in [1.54, 1.807) is 0 Å². The zero-order valence-electron chi connectivity index (χ0n) is 19.0. The highest BCUT2D eigenvalue weighted by Crippen LogP contribution is 2.08. The molecule has 32 heavy (non-hydrogen) atoms. The van der Waals surface area contributed by atoms with E-state index in [0.717, 1.165) is 19.6 Å². The van der Waals surface area contributed by atoms with E-state index in [9.17, 15) is 14.4 Å². The van der Waals surface area contributed by atoms with Crippen LogP contribution in [0.3, 0.4) is 0 Å². The quantitative estimate of drug-likeness (QED) is 0.426. The van der Waals surface area contributed by atoms with Crippen LogP contribution < -0.4 is 17.2 Å². The number of nitrogens with zero attached hydrogens (tertiary/aromatic N) is 4. The first-order chi connectivity index (χ1) is 15.2. The molecule has 2 rings (SSSR count). The average Bonchev–Trinajstić information content (AvgIpc) is 2.70. The van der Waals surface area contributed by atoms with E-state index >= 15 is 0 Å². The molecule has 0 aliphatic carbocycles. The zero-order valence-corrected chi connectivity index (χ0v) is 19.0. The zero-order chi connectivity index (χ0) is 23.5. The molecular formula is C22H37N7O3. The van der Waals surface area contributed by atoms with E-state index in [-0.39, 0.29) is 31.4 Å². The van der Waals surface area contributed by atoms with Gasteiger partial charge in [-0.15, -0.1) is 0 Å². The Bertz CT molecular complexity index is 724. The number of nitrogens with two attached hydrogens (primary N) is 3. The van der Waals surface area contributed by atoms with Gasteiger partial charge in [-0.1, -0.05) is 29.8 Å². The molecule has 178 valence electrons. The van der Waals surface area contributed by atoms with Crippen LogP contribution in [0, 0.1) is 6.92 Å². The van der Waals surface area contributed by atoms with E-state index in [1.165, 1.54) is 11.1 Å². The van der Waals surface area contributed by atoms with E-state index < -0.39 is 5.91 Å². The van der Waals surface area contributed by atoms with Crippen molar-refractivity contribution in [2.24, 2.45) is 17.2 Å². The van der Waals surface area contributed by atoms with Crippen LogP contribution in [0.1, 0.15) is 11.1 Å². The Morgan fingerprint density at radius 1 is 0.625 bits per heavy atom. The SMILES string of the molecule is Cc1ccc(CN2CCN(CC(N)=O)CCN(CC(N)=O)CCN(CC(N)=O)CC2)cc1. The van der Waals surface area contributed by atoms with Crippen LogP contribution >= 0.6 is 0 Å². The van der Waals surface area contributed by atoms with Gasteiger partial charge in [-0.2, -0.15) is 0 Å². The van der Waals surface area contributed by atoms with Crippen LogP contribution in [0.4, 0.5) is 0 Å². The standard InChI is InChI=1S/C22H37N7O3/c1-18-2-4-19(5-3-18)14-26-6-8-27(15-20(23)30)10-12-29(17-22(25)32)13-11-28(9-7-26)16-21(24)31/h2-5H,6-17H2,1H3,(H2,23,30)(H2,24,31)(H2,25,32). The molecule has 10 heteroatoms. The van der Waals surface area contributed by atoms with Crippen molar-refractivity contribution < 1.29 is 14.4 Å². The fourth-order valence-electron chi connectivity index (χ4n) is 3.82. The third-order valence-corrected chi connectivity index (χ3v) is 5.59. The topological polar surface area (TPSA) is 142 Å². The minimum absolute atomic E-state index is 0.119. The predicted octanol–water partition coefficient (Wildman–Crippen LogP) is -1.83. The molecule has 1 aromatic carbocycles. The normalized spacial score (nSPS) is 18.5.